The largest absolute Gasteiger partial charge is 0.325 e. The number of aromatic nitrogens is 3. The Morgan fingerprint density at radius 1 is 1.47 bits per heavy atom. The van der Waals surface area contributed by atoms with Crippen LogP contribution in [0.25, 0.3) is 11.4 Å². The van der Waals surface area contributed by atoms with Crippen LogP contribution in [0.3, 0.4) is 0 Å². The van der Waals surface area contributed by atoms with Crippen molar-refractivity contribution in [2.75, 3.05) is 0 Å². The molecule has 0 radical (unpaired) electrons. The summed E-state index contributed by atoms with van der Waals surface area (Å²) in [6, 6.07) is 5.00. The van der Waals surface area contributed by atoms with Crippen LogP contribution in [0.15, 0.2) is 35.4 Å². The van der Waals surface area contributed by atoms with Gasteiger partial charge in [-0.3, -0.25) is 9.78 Å². The van der Waals surface area contributed by atoms with Gasteiger partial charge >= 0.3 is 0 Å². The lowest BCUT2D eigenvalue weighted by molar-refractivity contribution is 0.955. The van der Waals surface area contributed by atoms with Gasteiger partial charge in [-0.25, -0.2) is 4.98 Å². The smallest absolute Gasteiger partial charge is 0.251 e. The summed E-state index contributed by atoms with van der Waals surface area (Å²) in [6.07, 6.45) is 3.30. The first-order chi connectivity index (χ1) is 7.29. The number of nitrogens with one attached hydrogen (secondary N) is 1. The van der Waals surface area contributed by atoms with Gasteiger partial charge in [0.1, 0.15) is 5.82 Å². The normalized spacial score (nSPS) is 10.2. The van der Waals surface area contributed by atoms with Gasteiger partial charge in [-0.2, -0.15) is 0 Å². The summed E-state index contributed by atoms with van der Waals surface area (Å²) in [6.45, 7) is 0.247. The fraction of sp³-hybridized carbons (Fsp3) is 0.100. The maximum absolute atomic E-state index is 11.3. The minimum absolute atomic E-state index is 0.204. The van der Waals surface area contributed by atoms with Crippen molar-refractivity contribution >= 4 is 0 Å². The van der Waals surface area contributed by atoms with Gasteiger partial charge in [0, 0.05) is 30.6 Å². The molecular weight excluding hydrogens is 192 g/mol. The summed E-state index contributed by atoms with van der Waals surface area (Å²) >= 11 is 0. The molecule has 0 spiro atoms. The first-order valence-corrected chi connectivity index (χ1v) is 4.50. The number of nitrogens with two attached hydrogens (primary N) is 1. The Kier molecular flexibility index (Phi) is 2.55. The van der Waals surface area contributed by atoms with Crippen molar-refractivity contribution in [3.63, 3.8) is 0 Å². The lowest BCUT2D eigenvalue weighted by Gasteiger charge is -2.01. The molecule has 76 valence electrons. The Morgan fingerprint density at radius 2 is 2.33 bits per heavy atom. The lowest BCUT2D eigenvalue weighted by atomic mass is 10.2. The van der Waals surface area contributed by atoms with Crippen LogP contribution in [-0.2, 0) is 6.54 Å². The molecule has 3 N–H and O–H groups in total. The molecule has 0 fully saturated rings. The van der Waals surface area contributed by atoms with Crippen LogP contribution in [0.4, 0.5) is 0 Å². The molecule has 5 heteroatoms. The number of aromatic amines is 1. The molecule has 0 saturated heterocycles. The molecule has 0 aliphatic rings. The molecule has 2 rings (SSSR count). The standard InChI is InChI=1S/C10H10N4O/c11-5-8-4-9(15)14-10(13-8)7-2-1-3-12-6-7/h1-4,6H,5,11H2,(H,13,14,15). The molecule has 0 aliphatic carbocycles. The maximum atomic E-state index is 11.3. The third kappa shape index (κ3) is 2.08. The van der Waals surface area contributed by atoms with Crippen molar-refractivity contribution in [1.82, 2.24) is 15.0 Å². The fourth-order valence-electron chi connectivity index (χ4n) is 1.25. The van der Waals surface area contributed by atoms with E-state index in [9.17, 15) is 4.79 Å². The van der Waals surface area contributed by atoms with Crippen molar-refractivity contribution < 1.29 is 0 Å². The van der Waals surface area contributed by atoms with Gasteiger partial charge in [-0.05, 0) is 12.1 Å². The van der Waals surface area contributed by atoms with Gasteiger partial charge in [0.05, 0.1) is 5.69 Å². The monoisotopic (exact) mass is 202 g/mol. The van der Waals surface area contributed by atoms with Crippen LogP contribution >= 0.6 is 0 Å². The van der Waals surface area contributed by atoms with Crippen molar-refractivity contribution in [3.8, 4) is 11.4 Å². The van der Waals surface area contributed by atoms with Crippen LogP contribution in [0.1, 0.15) is 5.69 Å². The highest BCUT2D eigenvalue weighted by molar-refractivity contribution is 5.52. The van der Waals surface area contributed by atoms with Crippen molar-refractivity contribution in [2.45, 2.75) is 6.54 Å². The second-order valence-electron chi connectivity index (χ2n) is 3.03. The molecule has 0 saturated carbocycles. The Balaban J connectivity index is 2.54. The van der Waals surface area contributed by atoms with Gasteiger partial charge in [0.25, 0.3) is 5.56 Å². The average Bonchev–Trinajstić information content (AvgIpc) is 2.29. The lowest BCUT2D eigenvalue weighted by Crippen LogP contribution is -2.12. The molecule has 0 amide bonds. The minimum Gasteiger partial charge on any atom is -0.325 e. The van der Waals surface area contributed by atoms with E-state index in [1.807, 2.05) is 6.07 Å². The Bertz CT molecular complexity index is 506. The molecule has 2 aromatic heterocycles. The average molecular weight is 202 g/mol. The zero-order valence-corrected chi connectivity index (χ0v) is 7.97. The highest BCUT2D eigenvalue weighted by Crippen LogP contribution is 2.10. The number of pyridine rings is 1. The van der Waals surface area contributed by atoms with Crippen LogP contribution < -0.4 is 11.3 Å². The van der Waals surface area contributed by atoms with Crippen LogP contribution in [0, 0.1) is 0 Å². The van der Waals surface area contributed by atoms with Crippen LogP contribution in [0.5, 0.6) is 0 Å². The molecule has 0 unspecified atom stereocenters. The zero-order chi connectivity index (χ0) is 10.7. The van der Waals surface area contributed by atoms with Gasteiger partial charge in [-0.1, -0.05) is 0 Å². The van der Waals surface area contributed by atoms with Gasteiger partial charge in [0.2, 0.25) is 0 Å². The molecule has 5 nitrogen and oxygen atoms in total. The number of nitrogens with zero attached hydrogens (tertiary/aromatic N) is 2. The predicted molar refractivity (Wildman–Crippen MR) is 56.0 cm³/mol. The van der Waals surface area contributed by atoms with Gasteiger partial charge in [0.15, 0.2) is 0 Å². The van der Waals surface area contributed by atoms with E-state index in [4.69, 9.17) is 5.73 Å². The van der Waals surface area contributed by atoms with Crippen LogP contribution in [-0.4, -0.2) is 15.0 Å². The number of H-pyrrole nitrogens is 1. The van der Waals surface area contributed by atoms with E-state index in [0.717, 1.165) is 5.56 Å². The summed E-state index contributed by atoms with van der Waals surface area (Å²) in [4.78, 5) is 22.1. The Labute approximate surface area is 86.0 Å². The van der Waals surface area contributed by atoms with E-state index in [2.05, 4.69) is 15.0 Å². The topological polar surface area (TPSA) is 84.7 Å². The van der Waals surface area contributed by atoms with E-state index >= 15 is 0 Å². The second kappa shape index (κ2) is 4.02. The van der Waals surface area contributed by atoms with Gasteiger partial charge < -0.3 is 10.7 Å². The third-order valence-corrected chi connectivity index (χ3v) is 1.94. The third-order valence-electron chi connectivity index (χ3n) is 1.94. The summed E-state index contributed by atoms with van der Waals surface area (Å²) < 4.78 is 0. The molecule has 0 aromatic carbocycles. The first kappa shape index (κ1) is 9.54. The van der Waals surface area contributed by atoms with E-state index < -0.39 is 0 Å². The number of rotatable bonds is 2. The molecule has 15 heavy (non-hydrogen) atoms. The van der Waals surface area contributed by atoms with Crippen molar-refractivity contribution in [2.24, 2.45) is 5.73 Å². The number of hydrogen-bond donors (Lipinski definition) is 2. The first-order valence-electron chi connectivity index (χ1n) is 4.50. The molecule has 0 bridgehead atoms. The molecule has 2 aromatic rings. The fourth-order valence-corrected chi connectivity index (χ4v) is 1.25. The predicted octanol–water partition coefficient (Wildman–Crippen LogP) is 0.291. The molecular formula is C10H10N4O. The molecule has 0 aliphatic heterocycles. The van der Waals surface area contributed by atoms with Gasteiger partial charge in [-0.15, -0.1) is 0 Å². The van der Waals surface area contributed by atoms with Crippen LogP contribution in [0.2, 0.25) is 0 Å². The summed E-state index contributed by atoms with van der Waals surface area (Å²) in [7, 11) is 0. The number of hydrogen-bond acceptors (Lipinski definition) is 4. The van der Waals surface area contributed by atoms with E-state index in [-0.39, 0.29) is 12.1 Å². The highest BCUT2D eigenvalue weighted by atomic mass is 16.1. The maximum Gasteiger partial charge on any atom is 0.251 e. The van der Waals surface area contributed by atoms with Crippen molar-refractivity contribution in [1.29, 1.82) is 0 Å². The quantitative estimate of drug-likeness (QED) is 0.733. The Hall–Kier alpha value is -2.01. The van der Waals surface area contributed by atoms with E-state index in [1.165, 1.54) is 6.07 Å². The summed E-state index contributed by atoms with van der Waals surface area (Å²) in [5, 5.41) is 0. The van der Waals surface area contributed by atoms with E-state index in [1.54, 1.807) is 18.5 Å². The second-order valence-corrected chi connectivity index (χ2v) is 3.03. The van der Waals surface area contributed by atoms with E-state index in [0.29, 0.717) is 11.5 Å². The summed E-state index contributed by atoms with van der Waals surface area (Å²) in [5.74, 6) is 0.496. The minimum atomic E-state index is -0.204. The molecule has 0 atom stereocenters. The SMILES string of the molecule is NCc1cc(=O)[nH]c(-c2cccnc2)n1. The summed E-state index contributed by atoms with van der Waals surface area (Å²) in [5.41, 5.74) is 6.57. The molecule has 2 heterocycles. The van der Waals surface area contributed by atoms with Crippen molar-refractivity contribution in [3.05, 3.63) is 46.6 Å². The zero-order valence-electron chi connectivity index (χ0n) is 7.97. The Morgan fingerprint density at radius 3 is 3.00 bits per heavy atom. The highest BCUT2D eigenvalue weighted by Gasteiger charge is 2.02.